The molecule has 4 aromatic rings. The second-order valence-corrected chi connectivity index (χ2v) is 19.1. The van der Waals surface area contributed by atoms with Crippen LogP contribution in [0.5, 0.6) is 11.5 Å². The number of aromatic nitrogens is 2. The van der Waals surface area contributed by atoms with Crippen molar-refractivity contribution in [3.63, 3.8) is 0 Å². The van der Waals surface area contributed by atoms with Gasteiger partial charge in [0.1, 0.15) is 42.5 Å². The number of aliphatic hydroxyl groups excluding tert-OH is 1. The number of ether oxygens (including phenoxy) is 5. The summed E-state index contributed by atoms with van der Waals surface area (Å²) in [5, 5.41) is 11.9. The number of nitrogens with zero attached hydrogens (tertiary/aromatic N) is 1. The first-order valence-electron chi connectivity index (χ1n) is 17.0. The average Bonchev–Trinajstić information content (AvgIpc) is 3.39. The Balaban J connectivity index is 1.74. The van der Waals surface area contributed by atoms with Gasteiger partial charge in [-0.15, -0.1) is 6.42 Å². The molecule has 12 heteroatoms. The smallest absolute Gasteiger partial charge is 0.330 e. The molecule has 11 nitrogen and oxygen atoms in total. The molecule has 1 aromatic heterocycles. The quantitative estimate of drug-likeness (QED) is 0.104. The van der Waals surface area contributed by atoms with E-state index in [1.54, 1.807) is 21.1 Å². The van der Waals surface area contributed by atoms with E-state index >= 15 is 0 Å². The second-order valence-electron chi connectivity index (χ2n) is 14.4. The normalized spacial score (nSPS) is 20.7. The molecule has 0 amide bonds. The number of aromatic amines is 1. The number of aryl methyl sites for hydroxylation is 1. The molecule has 0 bridgehead atoms. The minimum absolute atomic E-state index is 0.233. The monoisotopic (exact) mass is 728 g/mol. The molecular formula is C40H48N2O9Si. The highest BCUT2D eigenvalue weighted by atomic mass is 28.4. The maximum atomic E-state index is 13.2. The average molecular weight is 729 g/mol. The number of nitrogens with one attached hydrogen (secondary N) is 1. The van der Waals surface area contributed by atoms with Gasteiger partial charge in [0.15, 0.2) is 14.5 Å². The van der Waals surface area contributed by atoms with E-state index in [1.807, 2.05) is 92.0 Å². The van der Waals surface area contributed by atoms with Crippen LogP contribution in [-0.2, 0) is 24.2 Å². The van der Waals surface area contributed by atoms with Crippen LogP contribution in [-0.4, -0.2) is 68.4 Å². The zero-order valence-corrected chi connectivity index (χ0v) is 32.0. The summed E-state index contributed by atoms with van der Waals surface area (Å²) in [6.07, 6.45) is 3.14. The highest BCUT2D eigenvalue weighted by molar-refractivity contribution is 6.74. The molecule has 0 saturated carbocycles. The first-order valence-corrected chi connectivity index (χ1v) is 19.9. The summed E-state index contributed by atoms with van der Waals surface area (Å²) in [6.45, 7) is 11.3. The molecule has 2 N–H and O–H groups in total. The number of hydrogen-bond donors (Lipinski definition) is 2. The van der Waals surface area contributed by atoms with E-state index in [2.05, 4.69) is 31.7 Å². The topological polar surface area (TPSA) is 130 Å². The lowest BCUT2D eigenvalue weighted by Crippen LogP contribution is -2.57. The Kier molecular flexibility index (Phi) is 11.4. The molecular weight excluding hydrogens is 681 g/mol. The Morgan fingerprint density at radius 1 is 0.923 bits per heavy atom. The molecule has 5 rings (SSSR count). The van der Waals surface area contributed by atoms with Crippen molar-refractivity contribution in [2.45, 2.75) is 75.7 Å². The third-order valence-corrected chi connectivity index (χ3v) is 14.5. The Labute approximate surface area is 305 Å². The maximum absolute atomic E-state index is 13.2. The van der Waals surface area contributed by atoms with Gasteiger partial charge < -0.3 is 33.2 Å². The predicted octanol–water partition coefficient (Wildman–Crippen LogP) is 5.50. The molecule has 0 spiro atoms. The summed E-state index contributed by atoms with van der Waals surface area (Å²) in [5.74, 6) is 1.98. The van der Waals surface area contributed by atoms with Crippen LogP contribution < -0.4 is 20.7 Å². The number of hydrogen-bond acceptors (Lipinski definition) is 9. The van der Waals surface area contributed by atoms with Crippen LogP contribution in [0.15, 0.2) is 94.6 Å². The van der Waals surface area contributed by atoms with Crippen molar-refractivity contribution in [3.8, 4) is 23.8 Å². The lowest BCUT2D eigenvalue weighted by Gasteiger charge is -2.44. The minimum atomic E-state index is -2.69. The van der Waals surface area contributed by atoms with Crippen LogP contribution in [0, 0.1) is 19.3 Å². The van der Waals surface area contributed by atoms with Gasteiger partial charge in [0.05, 0.1) is 14.2 Å². The molecule has 52 heavy (non-hydrogen) atoms. The Hall–Kier alpha value is -4.48. The molecule has 0 radical (unpaired) electrons. The Morgan fingerprint density at radius 2 is 1.46 bits per heavy atom. The molecule has 276 valence electrons. The number of aliphatic hydroxyl groups is 1. The van der Waals surface area contributed by atoms with Gasteiger partial charge in [-0.1, -0.05) is 81.3 Å². The largest absolute Gasteiger partial charge is 0.497 e. The summed E-state index contributed by atoms with van der Waals surface area (Å²) in [7, 11) is 0.508. The van der Waals surface area contributed by atoms with Gasteiger partial charge in [-0.3, -0.25) is 14.3 Å². The van der Waals surface area contributed by atoms with Gasteiger partial charge in [-0.05, 0) is 66.0 Å². The maximum Gasteiger partial charge on any atom is 0.330 e. The molecule has 2 heterocycles. The summed E-state index contributed by atoms with van der Waals surface area (Å²) < 4.78 is 39.4. The van der Waals surface area contributed by atoms with E-state index in [9.17, 15) is 14.7 Å². The van der Waals surface area contributed by atoms with Gasteiger partial charge in [0.25, 0.3) is 5.56 Å². The van der Waals surface area contributed by atoms with Crippen LogP contribution in [0.4, 0.5) is 0 Å². The van der Waals surface area contributed by atoms with E-state index in [-0.39, 0.29) is 23.8 Å². The standard InChI is InChI=1S/C40H48N2O9Si/c1-10-24-48-39(34(51-52(8,9)38(3,4)5)33(43)36(50-39)42-25-27(2)35(44)41-37(42)45)26-49-40(28-14-12-11-13-15-28,29-16-20-31(46-6)21-17-29)30-18-22-32(47-7)23-19-30/h1,11-23,25,33-34,36,43H,24,26H2,2-9H3,(H,41,44,45)/t33-,34+,36-,39-/m1/s1. The fraction of sp³-hybridized carbons (Fsp3) is 0.400. The van der Waals surface area contributed by atoms with Gasteiger partial charge in [-0.25, -0.2) is 4.79 Å². The molecule has 1 fully saturated rings. The highest BCUT2D eigenvalue weighted by Gasteiger charge is 2.61. The van der Waals surface area contributed by atoms with Crippen LogP contribution in [0.2, 0.25) is 18.1 Å². The van der Waals surface area contributed by atoms with Crippen LogP contribution >= 0.6 is 0 Å². The second kappa shape index (κ2) is 15.2. The Bertz CT molecular complexity index is 1930. The van der Waals surface area contributed by atoms with E-state index < -0.39 is 49.4 Å². The zero-order valence-electron chi connectivity index (χ0n) is 31.0. The minimum Gasteiger partial charge on any atom is -0.497 e. The first-order chi connectivity index (χ1) is 24.6. The highest BCUT2D eigenvalue weighted by Crippen LogP contribution is 2.48. The van der Waals surface area contributed by atoms with Crippen molar-refractivity contribution in [3.05, 3.63) is 128 Å². The van der Waals surface area contributed by atoms with Crippen molar-refractivity contribution in [1.82, 2.24) is 9.55 Å². The Morgan fingerprint density at radius 3 is 1.96 bits per heavy atom. The zero-order chi connectivity index (χ0) is 37.9. The SMILES string of the molecule is C#CCO[C@]1(COC(c2ccccc2)(c2ccc(OC)cc2)c2ccc(OC)cc2)O[C@@H](n2cc(C)c(=O)[nH]c2=O)[C@H](O)[C@@H]1O[Si](C)(C)C(C)(C)C. The molecule has 3 aromatic carbocycles. The summed E-state index contributed by atoms with van der Waals surface area (Å²) in [4.78, 5) is 27.9. The van der Waals surface area contributed by atoms with Crippen molar-refractivity contribution in [1.29, 1.82) is 0 Å². The van der Waals surface area contributed by atoms with Crippen molar-refractivity contribution in [2.75, 3.05) is 27.4 Å². The van der Waals surface area contributed by atoms with Crippen molar-refractivity contribution >= 4 is 8.32 Å². The lowest BCUT2D eigenvalue weighted by molar-refractivity contribution is -0.288. The van der Waals surface area contributed by atoms with E-state index in [0.717, 1.165) is 21.3 Å². The van der Waals surface area contributed by atoms with E-state index in [0.29, 0.717) is 11.5 Å². The summed E-state index contributed by atoms with van der Waals surface area (Å²) >= 11 is 0. The third-order valence-electron chi connectivity index (χ3n) is 10.1. The summed E-state index contributed by atoms with van der Waals surface area (Å²) in [5.41, 5.74) is -0.0879. The number of terminal acetylenes is 1. The molecule has 1 saturated heterocycles. The van der Waals surface area contributed by atoms with Gasteiger partial charge in [0.2, 0.25) is 5.79 Å². The molecule has 4 atom stereocenters. The molecule has 1 aliphatic heterocycles. The number of benzene rings is 3. The van der Waals surface area contributed by atoms with Crippen LogP contribution in [0.3, 0.4) is 0 Å². The van der Waals surface area contributed by atoms with Crippen LogP contribution in [0.25, 0.3) is 0 Å². The fourth-order valence-electron chi connectivity index (χ4n) is 6.12. The first kappa shape index (κ1) is 38.7. The number of rotatable bonds is 13. The molecule has 1 aliphatic rings. The van der Waals surface area contributed by atoms with Gasteiger partial charge in [-0.2, -0.15) is 0 Å². The fourth-order valence-corrected chi connectivity index (χ4v) is 7.43. The van der Waals surface area contributed by atoms with Crippen LogP contribution in [0.1, 0.15) is 49.3 Å². The number of methoxy groups -OCH3 is 2. The van der Waals surface area contributed by atoms with Crippen molar-refractivity contribution in [2.24, 2.45) is 0 Å². The molecule has 0 aliphatic carbocycles. The van der Waals surface area contributed by atoms with Crippen molar-refractivity contribution < 1.29 is 33.2 Å². The van der Waals surface area contributed by atoms with E-state index in [4.69, 9.17) is 34.5 Å². The molecule has 0 unspecified atom stereocenters. The third kappa shape index (κ3) is 7.39. The van der Waals surface area contributed by atoms with E-state index in [1.165, 1.54) is 6.20 Å². The van der Waals surface area contributed by atoms with Gasteiger partial charge in [0, 0.05) is 11.8 Å². The lowest BCUT2D eigenvalue weighted by atomic mass is 9.80. The van der Waals surface area contributed by atoms with Gasteiger partial charge >= 0.3 is 5.69 Å². The predicted molar refractivity (Wildman–Crippen MR) is 200 cm³/mol. The summed E-state index contributed by atoms with van der Waals surface area (Å²) in [6, 6.07) is 24.8. The number of H-pyrrole nitrogens is 1.